The number of nitrogens with two attached hydrogens (primary N) is 1. The number of halogens is 1. The standard InChI is InChI=1S/C17H23N3O2S2.ClH/c1-13-11-23-16(20-13)14-6-5-7-15(10-14)24(21,22)19-12-17(18)8-3-2-4-9-17;/h5-7,10-11,19H,2-4,8-9,12,18H2,1H3;1H. The van der Waals surface area contributed by atoms with Gasteiger partial charge in [0.1, 0.15) is 5.01 Å². The van der Waals surface area contributed by atoms with Gasteiger partial charge in [0.15, 0.2) is 0 Å². The Morgan fingerprint density at radius 2 is 2.00 bits per heavy atom. The van der Waals surface area contributed by atoms with Gasteiger partial charge in [-0.25, -0.2) is 18.1 Å². The van der Waals surface area contributed by atoms with Crippen LogP contribution in [0.4, 0.5) is 0 Å². The Hall–Kier alpha value is -0.990. The first-order chi connectivity index (χ1) is 11.4. The summed E-state index contributed by atoms with van der Waals surface area (Å²) in [5, 5.41) is 2.78. The molecule has 0 aliphatic heterocycles. The fourth-order valence-electron chi connectivity index (χ4n) is 3.04. The Morgan fingerprint density at radius 3 is 2.64 bits per heavy atom. The van der Waals surface area contributed by atoms with E-state index in [1.165, 1.54) is 17.8 Å². The second-order valence-electron chi connectivity index (χ2n) is 6.57. The van der Waals surface area contributed by atoms with E-state index in [1.807, 2.05) is 18.4 Å². The van der Waals surface area contributed by atoms with Crippen molar-refractivity contribution >= 4 is 33.8 Å². The number of nitrogens with one attached hydrogen (secondary N) is 1. The molecular formula is C17H24ClN3O2S2. The predicted molar refractivity (Wildman–Crippen MR) is 105 cm³/mol. The molecule has 0 radical (unpaired) electrons. The van der Waals surface area contributed by atoms with Gasteiger partial charge in [0.2, 0.25) is 10.0 Å². The number of hydrogen-bond donors (Lipinski definition) is 2. The molecule has 1 aromatic heterocycles. The fourth-order valence-corrected chi connectivity index (χ4v) is 5.02. The van der Waals surface area contributed by atoms with E-state index in [2.05, 4.69) is 9.71 Å². The molecule has 1 heterocycles. The second kappa shape index (κ2) is 8.14. The summed E-state index contributed by atoms with van der Waals surface area (Å²) in [5.74, 6) is 0. The van der Waals surface area contributed by atoms with Crippen LogP contribution in [0.1, 0.15) is 37.8 Å². The van der Waals surface area contributed by atoms with Crippen LogP contribution >= 0.6 is 23.7 Å². The predicted octanol–water partition coefficient (Wildman–Crippen LogP) is 3.48. The van der Waals surface area contributed by atoms with Crippen molar-refractivity contribution in [2.45, 2.75) is 49.5 Å². The lowest BCUT2D eigenvalue weighted by molar-refractivity contribution is 0.296. The van der Waals surface area contributed by atoms with Gasteiger partial charge in [-0.2, -0.15) is 0 Å². The molecule has 5 nitrogen and oxygen atoms in total. The molecule has 25 heavy (non-hydrogen) atoms. The van der Waals surface area contributed by atoms with Gasteiger partial charge in [-0.05, 0) is 31.9 Å². The number of aryl methyl sites for hydroxylation is 1. The summed E-state index contributed by atoms with van der Waals surface area (Å²) in [4.78, 5) is 4.67. The smallest absolute Gasteiger partial charge is 0.240 e. The molecule has 0 bridgehead atoms. The summed E-state index contributed by atoms with van der Waals surface area (Å²) in [6, 6.07) is 6.91. The van der Waals surface area contributed by atoms with Gasteiger partial charge < -0.3 is 5.73 Å². The van der Waals surface area contributed by atoms with Crippen LogP contribution in [0.2, 0.25) is 0 Å². The maximum Gasteiger partial charge on any atom is 0.240 e. The third kappa shape index (κ3) is 5.01. The van der Waals surface area contributed by atoms with E-state index in [-0.39, 0.29) is 23.8 Å². The van der Waals surface area contributed by atoms with E-state index in [0.717, 1.165) is 41.9 Å². The second-order valence-corrected chi connectivity index (χ2v) is 9.19. The first kappa shape index (κ1) is 20.3. The average molecular weight is 402 g/mol. The minimum Gasteiger partial charge on any atom is -0.324 e. The monoisotopic (exact) mass is 401 g/mol. The van der Waals surface area contributed by atoms with Crippen molar-refractivity contribution in [1.29, 1.82) is 0 Å². The highest BCUT2D eigenvalue weighted by atomic mass is 35.5. The largest absolute Gasteiger partial charge is 0.324 e. The molecule has 1 aliphatic rings. The van der Waals surface area contributed by atoms with E-state index in [9.17, 15) is 8.42 Å². The van der Waals surface area contributed by atoms with Crippen molar-refractivity contribution in [3.05, 3.63) is 35.3 Å². The Balaban J connectivity index is 0.00000225. The van der Waals surface area contributed by atoms with Gasteiger partial charge in [-0.1, -0.05) is 31.4 Å². The van der Waals surface area contributed by atoms with Crippen LogP contribution in [0.3, 0.4) is 0 Å². The molecule has 0 spiro atoms. The fraction of sp³-hybridized carbons (Fsp3) is 0.471. The van der Waals surface area contributed by atoms with E-state index < -0.39 is 15.6 Å². The maximum absolute atomic E-state index is 12.6. The SMILES string of the molecule is Cc1csc(-c2cccc(S(=O)(=O)NCC3(N)CCCCC3)c2)n1.Cl. The lowest BCUT2D eigenvalue weighted by atomic mass is 9.83. The summed E-state index contributed by atoms with van der Waals surface area (Å²) in [6.07, 6.45) is 5.05. The highest BCUT2D eigenvalue weighted by Gasteiger charge is 2.29. The number of sulfonamides is 1. The van der Waals surface area contributed by atoms with E-state index in [0.29, 0.717) is 0 Å². The number of hydrogen-bond acceptors (Lipinski definition) is 5. The quantitative estimate of drug-likeness (QED) is 0.803. The molecule has 3 rings (SSSR count). The summed E-state index contributed by atoms with van der Waals surface area (Å²) in [7, 11) is -3.57. The third-order valence-electron chi connectivity index (χ3n) is 4.47. The summed E-state index contributed by atoms with van der Waals surface area (Å²) in [5.41, 5.74) is 7.66. The zero-order valence-corrected chi connectivity index (χ0v) is 16.6. The summed E-state index contributed by atoms with van der Waals surface area (Å²) < 4.78 is 27.9. The molecule has 1 aromatic carbocycles. The molecule has 0 saturated heterocycles. The van der Waals surface area contributed by atoms with Gasteiger partial charge in [0, 0.05) is 28.7 Å². The highest BCUT2D eigenvalue weighted by Crippen LogP contribution is 2.27. The van der Waals surface area contributed by atoms with Crippen molar-refractivity contribution in [2.75, 3.05) is 6.54 Å². The first-order valence-electron chi connectivity index (χ1n) is 8.19. The third-order valence-corrected chi connectivity index (χ3v) is 6.88. The van der Waals surface area contributed by atoms with Gasteiger partial charge in [-0.3, -0.25) is 0 Å². The minimum atomic E-state index is -3.57. The van der Waals surface area contributed by atoms with Gasteiger partial charge in [-0.15, -0.1) is 23.7 Å². The topological polar surface area (TPSA) is 85.1 Å². The molecular weight excluding hydrogens is 378 g/mol. The molecule has 2 aromatic rings. The van der Waals surface area contributed by atoms with Gasteiger partial charge >= 0.3 is 0 Å². The van der Waals surface area contributed by atoms with Crippen molar-refractivity contribution in [1.82, 2.24) is 9.71 Å². The van der Waals surface area contributed by atoms with Crippen LogP contribution < -0.4 is 10.5 Å². The lowest BCUT2D eigenvalue weighted by Gasteiger charge is -2.33. The van der Waals surface area contributed by atoms with Crippen LogP contribution in [0.25, 0.3) is 10.6 Å². The van der Waals surface area contributed by atoms with Crippen LogP contribution in [0.5, 0.6) is 0 Å². The Bertz CT molecular complexity index is 815. The minimum absolute atomic E-state index is 0. The van der Waals surface area contributed by atoms with Crippen LogP contribution in [0.15, 0.2) is 34.5 Å². The number of thiazole rings is 1. The van der Waals surface area contributed by atoms with E-state index >= 15 is 0 Å². The molecule has 1 fully saturated rings. The van der Waals surface area contributed by atoms with E-state index in [1.54, 1.807) is 18.2 Å². The Labute approximate surface area is 159 Å². The van der Waals surface area contributed by atoms with Crippen molar-refractivity contribution < 1.29 is 8.42 Å². The molecule has 8 heteroatoms. The lowest BCUT2D eigenvalue weighted by Crippen LogP contribution is -2.51. The number of rotatable bonds is 5. The normalized spacial score (nSPS) is 17.0. The molecule has 0 amide bonds. The summed E-state index contributed by atoms with van der Waals surface area (Å²) in [6.45, 7) is 2.21. The molecule has 1 saturated carbocycles. The zero-order valence-electron chi connectivity index (χ0n) is 14.2. The molecule has 0 unspecified atom stereocenters. The molecule has 138 valence electrons. The number of nitrogens with zero attached hydrogens (tertiary/aromatic N) is 1. The van der Waals surface area contributed by atoms with Gasteiger partial charge in [0.25, 0.3) is 0 Å². The van der Waals surface area contributed by atoms with Crippen molar-refractivity contribution in [3.63, 3.8) is 0 Å². The Kier molecular flexibility index (Phi) is 6.62. The average Bonchev–Trinajstić information content (AvgIpc) is 3.01. The number of benzene rings is 1. The zero-order chi connectivity index (χ0) is 17.2. The number of aromatic nitrogens is 1. The molecule has 0 atom stereocenters. The van der Waals surface area contributed by atoms with Crippen molar-refractivity contribution in [3.8, 4) is 10.6 Å². The maximum atomic E-state index is 12.6. The van der Waals surface area contributed by atoms with Gasteiger partial charge in [0.05, 0.1) is 4.90 Å². The van der Waals surface area contributed by atoms with Crippen LogP contribution in [0, 0.1) is 6.92 Å². The van der Waals surface area contributed by atoms with E-state index in [4.69, 9.17) is 5.73 Å². The highest BCUT2D eigenvalue weighted by molar-refractivity contribution is 7.89. The summed E-state index contributed by atoms with van der Waals surface area (Å²) >= 11 is 1.51. The Morgan fingerprint density at radius 1 is 1.28 bits per heavy atom. The van der Waals surface area contributed by atoms with Crippen molar-refractivity contribution in [2.24, 2.45) is 5.73 Å². The first-order valence-corrected chi connectivity index (χ1v) is 10.6. The molecule has 1 aliphatic carbocycles. The van der Waals surface area contributed by atoms with Crippen LogP contribution in [-0.2, 0) is 10.0 Å². The molecule has 3 N–H and O–H groups in total. The van der Waals surface area contributed by atoms with Crippen LogP contribution in [-0.4, -0.2) is 25.5 Å².